The third-order valence-corrected chi connectivity index (χ3v) is 5.78. The van der Waals surface area contributed by atoms with Crippen molar-refractivity contribution in [3.05, 3.63) is 29.8 Å². The molecule has 16 heteroatoms. The number of carboxylic acid groups (broad SMARTS) is 2. The molecule has 0 aliphatic carbocycles. The van der Waals surface area contributed by atoms with E-state index in [0.717, 1.165) is 0 Å². The van der Waals surface area contributed by atoms with Gasteiger partial charge < -0.3 is 48.5 Å². The summed E-state index contributed by atoms with van der Waals surface area (Å²) in [4.78, 5) is 65.1. The largest absolute Gasteiger partial charge is 0.508 e. The van der Waals surface area contributed by atoms with E-state index in [4.69, 9.17) is 22.3 Å². The molecule has 4 atom stereocenters. The molecule has 4 unspecified atom stereocenters. The van der Waals surface area contributed by atoms with Crippen LogP contribution in [0.1, 0.15) is 31.2 Å². The zero-order valence-electron chi connectivity index (χ0n) is 21.1. The number of carbonyl (C=O) groups is 5. The molecule has 0 bridgehead atoms. The highest BCUT2D eigenvalue weighted by atomic mass is 32.1. The SMILES string of the molecule is NC(N)=NCCCC(NC(=O)C(CCC(=O)O)NC(=O)C(Cc1ccc(O)cc1)NC(=O)C(N)CS)C(=O)O. The fourth-order valence-corrected chi connectivity index (χ4v) is 3.45. The van der Waals surface area contributed by atoms with Crippen molar-refractivity contribution >= 4 is 48.2 Å². The molecule has 0 aromatic heterocycles. The zero-order chi connectivity index (χ0) is 29.5. The van der Waals surface area contributed by atoms with Crippen molar-refractivity contribution in [2.45, 2.75) is 56.3 Å². The lowest BCUT2D eigenvalue weighted by Crippen LogP contribution is -2.57. The number of carboxylic acids is 2. The van der Waals surface area contributed by atoms with Gasteiger partial charge in [-0.15, -0.1) is 0 Å². The Labute approximate surface area is 230 Å². The van der Waals surface area contributed by atoms with Crippen LogP contribution in [-0.4, -0.2) is 87.4 Å². The van der Waals surface area contributed by atoms with Crippen molar-refractivity contribution in [2.75, 3.05) is 12.3 Å². The number of nitrogens with two attached hydrogens (primary N) is 3. The first-order valence-corrected chi connectivity index (χ1v) is 12.5. The molecule has 39 heavy (non-hydrogen) atoms. The first kappa shape index (κ1) is 33.0. The molecular formula is C23H35N7O8S. The fourth-order valence-electron chi connectivity index (χ4n) is 3.28. The van der Waals surface area contributed by atoms with Gasteiger partial charge in [0.25, 0.3) is 0 Å². The molecule has 0 radical (unpaired) electrons. The number of benzene rings is 1. The van der Waals surface area contributed by atoms with Crippen LogP contribution in [0, 0.1) is 0 Å². The second-order valence-corrected chi connectivity index (χ2v) is 8.93. The number of phenolic OH excluding ortho intramolecular Hbond substituents is 1. The Morgan fingerprint density at radius 3 is 1.97 bits per heavy atom. The molecule has 216 valence electrons. The van der Waals surface area contributed by atoms with Gasteiger partial charge in [0.05, 0.1) is 6.04 Å². The average Bonchev–Trinajstić information content (AvgIpc) is 2.87. The molecule has 1 aromatic rings. The summed E-state index contributed by atoms with van der Waals surface area (Å²) in [6.45, 7) is 0.119. The van der Waals surface area contributed by atoms with Gasteiger partial charge in [0, 0.05) is 25.1 Å². The van der Waals surface area contributed by atoms with E-state index in [1.807, 2.05) is 0 Å². The van der Waals surface area contributed by atoms with Crippen LogP contribution >= 0.6 is 12.6 Å². The summed E-state index contributed by atoms with van der Waals surface area (Å²) in [5, 5.41) is 35.3. The normalized spacial score (nSPS) is 13.7. The van der Waals surface area contributed by atoms with Crippen LogP contribution in [0.15, 0.2) is 29.3 Å². The van der Waals surface area contributed by atoms with Crippen LogP contribution in [0.5, 0.6) is 5.75 Å². The number of aromatic hydroxyl groups is 1. The van der Waals surface area contributed by atoms with Gasteiger partial charge in [-0.3, -0.25) is 24.2 Å². The van der Waals surface area contributed by atoms with Crippen LogP contribution in [0.2, 0.25) is 0 Å². The molecule has 0 heterocycles. The Kier molecular flexibility index (Phi) is 14.1. The number of hydrogen-bond acceptors (Lipinski definition) is 9. The lowest BCUT2D eigenvalue weighted by atomic mass is 10.0. The molecule has 0 saturated carbocycles. The number of rotatable bonds is 17. The van der Waals surface area contributed by atoms with Crippen molar-refractivity contribution in [2.24, 2.45) is 22.2 Å². The summed E-state index contributed by atoms with van der Waals surface area (Å²) in [5.41, 5.74) is 16.7. The average molecular weight is 570 g/mol. The number of hydrogen-bond donors (Lipinski definition) is 10. The van der Waals surface area contributed by atoms with Gasteiger partial charge in [0.2, 0.25) is 17.7 Å². The van der Waals surface area contributed by atoms with Crippen LogP contribution < -0.4 is 33.2 Å². The Balaban J connectivity index is 3.09. The van der Waals surface area contributed by atoms with Gasteiger partial charge in [-0.25, -0.2) is 4.79 Å². The van der Waals surface area contributed by atoms with Gasteiger partial charge in [-0.1, -0.05) is 12.1 Å². The van der Waals surface area contributed by atoms with E-state index >= 15 is 0 Å². The molecule has 0 spiro atoms. The van der Waals surface area contributed by atoms with E-state index in [1.165, 1.54) is 24.3 Å². The second kappa shape index (κ2) is 16.7. The smallest absolute Gasteiger partial charge is 0.326 e. The minimum absolute atomic E-state index is 0.0111. The van der Waals surface area contributed by atoms with Crippen LogP contribution in [0.25, 0.3) is 0 Å². The van der Waals surface area contributed by atoms with Gasteiger partial charge >= 0.3 is 11.9 Å². The van der Waals surface area contributed by atoms with Gasteiger partial charge in [-0.2, -0.15) is 12.6 Å². The van der Waals surface area contributed by atoms with Gasteiger partial charge in [0.15, 0.2) is 5.96 Å². The Bertz CT molecular complexity index is 1030. The van der Waals surface area contributed by atoms with E-state index in [2.05, 4.69) is 33.6 Å². The maximum Gasteiger partial charge on any atom is 0.326 e. The number of guanidine groups is 1. The van der Waals surface area contributed by atoms with Gasteiger partial charge in [-0.05, 0) is 37.0 Å². The fraction of sp³-hybridized carbons (Fsp3) is 0.478. The number of carbonyl (C=O) groups excluding carboxylic acids is 3. The molecule has 3 amide bonds. The summed E-state index contributed by atoms with van der Waals surface area (Å²) >= 11 is 3.97. The molecule has 12 N–H and O–H groups in total. The third-order valence-electron chi connectivity index (χ3n) is 5.38. The topological polar surface area (TPSA) is 273 Å². The van der Waals surface area contributed by atoms with Crippen molar-refractivity contribution in [1.82, 2.24) is 16.0 Å². The van der Waals surface area contributed by atoms with Crippen LogP contribution in [-0.2, 0) is 30.4 Å². The first-order chi connectivity index (χ1) is 18.3. The highest BCUT2D eigenvalue weighted by Gasteiger charge is 2.30. The lowest BCUT2D eigenvalue weighted by molar-refractivity contribution is -0.143. The summed E-state index contributed by atoms with van der Waals surface area (Å²) in [7, 11) is 0. The molecule has 0 fully saturated rings. The minimum Gasteiger partial charge on any atom is -0.508 e. The molecule has 1 aromatic carbocycles. The first-order valence-electron chi connectivity index (χ1n) is 11.9. The van der Waals surface area contributed by atoms with Crippen molar-refractivity contribution in [3.8, 4) is 5.75 Å². The summed E-state index contributed by atoms with van der Waals surface area (Å²) in [5.74, 6) is -5.26. The maximum atomic E-state index is 13.2. The van der Waals surface area contributed by atoms with Crippen molar-refractivity contribution in [1.29, 1.82) is 0 Å². The molecule has 0 aliphatic rings. The summed E-state index contributed by atoms with van der Waals surface area (Å²) in [6, 6.07) is 0.723. The maximum absolute atomic E-state index is 13.2. The Morgan fingerprint density at radius 1 is 0.872 bits per heavy atom. The van der Waals surface area contributed by atoms with E-state index in [9.17, 15) is 34.2 Å². The quantitative estimate of drug-likeness (QED) is 0.0410. The predicted octanol–water partition coefficient (Wildman–Crippen LogP) is -2.35. The molecule has 1 rings (SSSR count). The van der Waals surface area contributed by atoms with Crippen LogP contribution in [0.3, 0.4) is 0 Å². The third kappa shape index (κ3) is 12.8. The van der Waals surface area contributed by atoms with E-state index in [0.29, 0.717) is 5.56 Å². The molecule has 0 saturated heterocycles. The van der Waals surface area contributed by atoms with Crippen molar-refractivity contribution in [3.63, 3.8) is 0 Å². The Morgan fingerprint density at radius 2 is 1.44 bits per heavy atom. The van der Waals surface area contributed by atoms with E-state index in [-0.39, 0.29) is 49.7 Å². The minimum atomic E-state index is -1.44. The van der Waals surface area contributed by atoms with Gasteiger partial charge in [0.1, 0.15) is 23.9 Å². The molecular weight excluding hydrogens is 534 g/mol. The number of aliphatic imine (C=N–C) groups is 1. The standard InChI is InChI=1S/C23H35N7O8S/c24-14(11-39)19(34)30-17(10-12-3-5-13(31)6-4-12)21(36)28-15(7-8-18(32)33)20(35)29-16(22(37)38)2-1-9-27-23(25)26/h3-6,14-17,31,39H,1-2,7-11,24H2,(H,28,36)(H,29,35)(H,30,34)(H,32,33)(H,37,38)(H4,25,26,27). The summed E-state index contributed by atoms with van der Waals surface area (Å²) in [6.07, 6.45) is -0.762. The predicted molar refractivity (Wildman–Crippen MR) is 144 cm³/mol. The zero-order valence-corrected chi connectivity index (χ0v) is 22.0. The molecule has 15 nitrogen and oxygen atoms in total. The monoisotopic (exact) mass is 569 g/mol. The highest BCUT2D eigenvalue weighted by Crippen LogP contribution is 2.12. The van der Waals surface area contributed by atoms with E-state index < -0.39 is 60.2 Å². The highest BCUT2D eigenvalue weighted by molar-refractivity contribution is 7.80. The number of amides is 3. The van der Waals surface area contributed by atoms with E-state index in [1.54, 1.807) is 0 Å². The Hall–Kier alpha value is -4.05. The molecule has 0 aliphatic heterocycles. The second-order valence-electron chi connectivity index (χ2n) is 8.56. The number of thiol groups is 1. The summed E-state index contributed by atoms with van der Waals surface area (Å²) < 4.78 is 0. The van der Waals surface area contributed by atoms with Crippen LogP contribution in [0.4, 0.5) is 0 Å². The lowest BCUT2D eigenvalue weighted by Gasteiger charge is -2.25. The number of nitrogens with one attached hydrogen (secondary N) is 3. The van der Waals surface area contributed by atoms with Crippen molar-refractivity contribution < 1.29 is 39.3 Å². The number of phenols is 1. The number of nitrogens with zero attached hydrogens (tertiary/aromatic N) is 1. The number of aliphatic carboxylic acids is 2.